The van der Waals surface area contributed by atoms with Gasteiger partial charge in [0.2, 0.25) is 5.91 Å². The summed E-state index contributed by atoms with van der Waals surface area (Å²) in [6.45, 7) is 7.38. The number of piperidine rings is 2. The zero-order chi connectivity index (χ0) is 13.2. The number of hydrogen-bond donors (Lipinski definition) is 1. The number of likely N-dealkylation sites (tertiary alicyclic amines) is 2. The Balaban J connectivity index is 1.57. The molecular weight excluding hydrogens is 238 g/mol. The Morgan fingerprint density at radius 3 is 2.68 bits per heavy atom. The summed E-state index contributed by atoms with van der Waals surface area (Å²) in [6.07, 6.45) is 6.29. The summed E-state index contributed by atoms with van der Waals surface area (Å²) in [7, 11) is 0. The molecule has 0 aliphatic carbocycles. The van der Waals surface area contributed by atoms with E-state index in [1.807, 2.05) is 0 Å². The van der Waals surface area contributed by atoms with Crippen molar-refractivity contribution in [2.24, 2.45) is 5.92 Å². The Morgan fingerprint density at radius 2 is 1.95 bits per heavy atom. The van der Waals surface area contributed by atoms with Crippen LogP contribution in [0.5, 0.6) is 0 Å². The molecular formula is C15H27N3O. The second kappa shape index (κ2) is 5.80. The van der Waals surface area contributed by atoms with E-state index in [1.165, 1.54) is 32.1 Å². The van der Waals surface area contributed by atoms with Gasteiger partial charge in [0, 0.05) is 32.2 Å². The SMILES string of the molecule is CC(C(=O)N1CCCCC1)N1C[C@@H]2CCCN[C@@H]2C1. The van der Waals surface area contributed by atoms with Crippen LogP contribution in [-0.4, -0.2) is 60.5 Å². The van der Waals surface area contributed by atoms with Gasteiger partial charge in [0.1, 0.15) is 0 Å². The largest absolute Gasteiger partial charge is 0.341 e. The topological polar surface area (TPSA) is 35.6 Å². The van der Waals surface area contributed by atoms with Crippen LogP contribution >= 0.6 is 0 Å². The normalized spacial score (nSPS) is 34.1. The molecule has 0 spiro atoms. The molecule has 108 valence electrons. The number of fused-ring (bicyclic) bond motifs is 1. The van der Waals surface area contributed by atoms with Gasteiger partial charge in [-0.3, -0.25) is 9.69 Å². The molecule has 3 atom stereocenters. The van der Waals surface area contributed by atoms with Gasteiger partial charge in [0.05, 0.1) is 6.04 Å². The molecule has 0 saturated carbocycles. The first-order chi connectivity index (χ1) is 9.25. The monoisotopic (exact) mass is 265 g/mol. The Morgan fingerprint density at radius 1 is 1.16 bits per heavy atom. The summed E-state index contributed by atoms with van der Waals surface area (Å²) in [4.78, 5) is 17.0. The zero-order valence-corrected chi connectivity index (χ0v) is 12.1. The van der Waals surface area contributed by atoms with Crippen LogP contribution in [0, 0.1) is 5.92 Å². The van der Waals surface area contributed by atoms with E-state index in [0.29, 0.717) is 11.9 Å². The van der Waals surface area contributed by atoms with E-state index in [1.54, 1.807) is 0 Å². The summed E-state index contributed by atoms with van der Waals surface area (Å²) in [5.41, 5.74) is 0. The third kappa shape index (κ3) is 2.79. The van der Waals surface area contributed by atoms with Gasteiger partial charge in [0.15, 0.2) is 0 Å². The van der Waals surface area contributed by atoms with Gasteiger partial charge < -0.3 is 10.2 Å². The lowest BCUT2D eigenvalue weighted by molar-refractivity contribution is -0.137. The molecule has 3 heterocycles. The molecule has 3 fully saturated rings. The van der Waals surface area contributed by atoms with Crippen LogP contribution < -0.4 is 5.32 Å². The quantitative estimate of drug-likeness (QED) is 0.811. The highest BCUT2D eigenvalue weighted by Gasteiger charge is 2.38. The molecule has 3 rings (SSSR count). The van der Waals surface area contributed by atoms with Crippen molar-refractivity contribution >= 4 is 5.91 Å². The summed E-state index contributed by atoms with van der Waals surface area (Å²) in [5.74, 6) is 1.13. The minimum Gasteiger partial charge on any atom is -0.341 e. The predicted octanol–water partition coefficient (Wildman–Crippen LogP) is 1.07. The van der Waals surface area contributed by atoms with Gasteiger partial charge >= 0.3 is 0 Å². The molecule has 19 heavy (non-hydrogen) atoms. The summed E-state index contributed by atoms with van der Waals surface area (Å²) in [5, 5.41) is 3.62. The maximum atomic E-state index is 12.6. The average Bonchev–Trinajstić information content (AvgIpc) is 2.90. The molecule has 1 unspecified atom stereocenters. The fourth-order valence-electron chi connectivity index (χ4n) is 3.93. The number of hydrogen-bond acceptors (Lipinski definition) is 3. The van der Waals surface area contributed by atoms with Gasteiger partial charge in [0.25, 0.3) is 0 Å². The van der Waals surface area contributed by atoms with E-state index in [4.69, 9.17) is 0 Å². The molecule has 0 bridgehead atoms. The van der Waals surface area contributed by atoms with Crippen molar-refractivity contribution < 1.29 is 4.79 Å². The summed E-state index contributed by atoms with van der Waals surface area (Å²) >= 11 is 0. The molecule has 3 saturated heterocycles. The Bertz CT molecular complexity index is 313. The van der Waals surface area contributed by atoms with E-state index in [0.717, 1.165) is 38.6 Å². The van der Waals surface area contributed by atoms with Crippen molar-refractivity contribution in [2.45, 2.75) is 51.1 Å². The van der Waals surface area contributed by atoms with E-state index >= 15 is 0 Å². The molecule has 0 aromatic carbocycles. The second-order valence-electron chi connectivity index (χ2n) is 6.48. The Labute approximate surface area is 116 Å². The van der Waals surface area contributed by atoms with E-state index in [9.17, 15) is 4.79 Å². The lowest BCUT2D eigenvalue weighted by Gasteiger charge is -2.32. The minimum atomic E-state index is 0.0745. The van der Waals surface area contributed by atoms with Crippen LogP contribution in [0.15, 0.2) is 0 Å². The maximum Gasteiger partial charge on any atom is 0.239 e. The van der Waals surface area contributed by atoms with Crippen LogP contribution in [0.4, 0.5) is 0 Å². The summed E-state index contributed by atoms with van der Waals surface area (Å²) in [6, 6.07) is 0.704. The zero-order valence-electron chi connectivity index (χ0n) is 12.1. The van der Waals surface area contributed by atoms with Crippen LogP contribution in [0.3, 0.4) is 0 Å². The smallest absolute Gasteiger partial charge is 0.239 e. The molecule has 0 aromatic rings. The van der Waals surface area contributed by atoms with Gasteiger partial charge in [-0.1, -0.05) is 0 Å². The fraction of sp³-hybridized carbons (Fsp3) is 0.933. The van der Waals surface area contributed by atoms with Crippen LogP contribution in [0.25, 0.3) is 0 Å². The first kappa shape index (κ1) is 13.4. The Hall–Kier alpha value is -0.610. The fourth-order valence-corrected chi connectivity index (χ4v) is 3.93. The maximum absolute atomic E-state index is 12.6. The van der Waals surface area contributed by atoms with Crippen LogP contribution in [0.2, 0.25) is 0 Å². The lowest BCUT2D eigenvalue weighted by atomic mass is 9.94. The number of nitrogens with zero attached hydrogens (tertiary/aromatic N) is 2. The van der Waals surface area contributed by atoms with Gasteiger partial charge in [-0.15, -0.1) is 0 Å². The minimum absolute atomic E-state index is 0.0745. The molecule has 4 nitrogen and oxygen atoms in total. The second-order valence-corrected chi connectivity index (χ2v) is 6.48. The summed E-state index contributed by atoms with van der Waals surface area (Å²) < 4.78 is 0. The third-order valence-electron chi connectivity index (χ3n) is 5.20. The molecule has 0 radical (unpaired) electrons. The molecule has 1 amide bonds. The number of rotatable bonds is 2. The van der Waals surface area contributed by atoms with Crippen LogP contribution in [0.1, 0.15) is 39.0 Å². The Kier molecular flexibility index (Phi) is 4.08. The highest BCUT2D eigenvalue weighted by molar-refractivity contribution is 5.81. The van der Waals surface area contributed by atoms with Gasteiger partial charge in [-0.25, -0.2) is 0 Å². The van der Waals surface area contributed by atoms with Crippen molar-refractivity contribution in [3.63, 3.8) is 0 Å². The first-order valence-corrected chi connectivity index (χ1v) is 8.02. The highest BCUT2D eigenvalue weighted by atomic mass is 16.2. The standard InChI is InChI=1S/C15H27N3O/c1-12(15(19)17-8-3-2-4-9-17)18-10-13-6-5-7-16-14(13)11-18/h12-14,16H,2-11H2,1H3/t12?,13-,14+/m0/s1. The van der Waals surface area contributed by atoms with Crippen molar-refractivity contribution in [2.75, 3.05) is 32.7 Å². The van der Waals surface area contributed by atoms with Crippen molar-refractivity contribution in [1.82, 2.24) is 15.1 Å². The van der Waals surface area contributed by atoms with E-state index in [2.05, 4.69) is 22.0 Å². The molecule has 4 heteroatoms. The van der Waals surface area contributed by atoms with Crippen LogP contribution in [-0.2, 0) is 4.79 Å². The number of carbonyl (C=O) groups is 1. The number of carbonyl (C=O) groups excluding carboxylic acids is 1. The van der Waals surface area contributed by atoms with Gasteiger partial charge in [-0.2, -0.15) is 0 Å². The highest BCUT2D eigenvalue weighted by Crippen LogP contribution is 2.27. The predicted molar refractivity (Wildman–Crippen MR) is 76.0 cm³/mol. The first-order valence-electron chi connectivity index (χ1n) is 8.02. The number of amides is 1. The number of nitrogens with one attached hydrogen (secondary N) is 1. The van der Waals surface area contributed by atoms with Crippen molar-refractivity contribution in [3.05, 3.63) is 0 Å². The third-order valence-corrected chi connectivity index (χ3v) is 5.20. The van der Waals surface area contributed by atoms with Crippen molar-refractivity contribution in [1.29, 1.82) is 0 Å². The lowest BCUT2D eigenvalue weighted by Crippen LogP contribution is -2.48. The molecule has 1 N–H and O–H groups in total. The van der Waals surface area contributed by atoms with E-state index in [-0.39, 0.29) is 6.04 Å². The van der Waals surface area contributed by atoms with E-state index < -0.39 is 0 Å². The van der Waals surface area contributed by atoms with Crippen molar-refractivity contribution in [3.8, 4) is 0 Å². The molecule has 3 aliphatic heterocycles. The van der Waals surface area contributed by atoms with Gasteiger partial charge in [-0.05, 0) is 51.5 Å². The molecule has 0 aromatic heterocycles. The average molecular weight is 265 g/mol. The molecule has 3 aliphatic rings.